The summed E-state index contributed by atoms with van der Waals surface area (Å²) in [5.41, 5.74) is 7.80. The number of nitrogens with one attached hydrogen (secondary N) is 2. The van der Waals surface area contributed by atoms with Crippen molar-refractivity contribution in [3.8, 4) is 0 Å². The maximum atomic E-state index is 11.2. The summed E-state index contributed by atoms with van der Waals surface area (Å²) in [5, 5.41) is 7.13. The molecule has 4 N–H and O–H groups in total. The Morgan fingerprint density at radius 1 is 1.12 bits per heavy atom. The van der Waals surface area contributed by atoms with E-state index in [1.165, 1.54) is 0 Å². The van der Waals surface area contributed by atoms with Crippen LogP contribution in [0.2, 0.25) is 5.02 Å². The molecule has 2 aromatic rings. The van der Waals surface area contributed by atoms with Gasteiger partial charge in [-0.3, -0.25) is 4.79 Å². The second-order valence-corrected chi connectivity index (χ2v) is 5.68. The van der Waals surface area contributed by atoms with Crippen LogP contribution in [-0.2, 0) is 13.1 Å². The van der Waals surface area contributed by atoms with Crippen molar-refractivity contribution in [3.63, 3.8) is 0 Å². The molecule has 0 saturated heterocycles. The Morgan fingerprint density at radius 2 is 1.88 bits per heavy atom. The number of guanidine groups is 1. The number of hydrogen-bond acceptors (Lipinski definition) is 2. The minimum Gasteiger partial charge on any atom is -0.366 e. The first-order valence-corrected chi connectivity index (χ1v) is 8.11. The predicted molar refractivity (Wildman–Crippen MR) is 98.1 cm³/mol. The van der Waals surface area contributed by atoms with Crippen LogP contribution in [0.25, 0.3) is 0 Å². The van der Waals surface area contributed by atoms with E-state index in [4.69, 9.17) is 17.3 Å². The number of nitrogens with two attached hydrogens (primary N) is 1. The average Bonchev–Trinajstić information content (AvgIpc) is 2.57. The Balaban J connectivity index is 2.01. The summed E-state index contributed by atoms with van der Waals surface area (Å²) in [4.78, 5) is 15.8. The van der Waals surface area contributed by atoms with E-state index >= 15 is 0 Å². The summed E-state index contributed by atoms with van der Waals surface area (Å²) in [6.07, 6.45) is 0. The number of carbonyl (C=O) groups excluding carboxylic acids is 1. The molecule has 0 atom stereocenters. The van der Waals surface area contributed by atoms with Gasteiger partial charge < -0.3 is 16.4 Å². The third-order valence-corrected chi connectivity index (χ3v) is 3.56. The molecule has 0 radical (unpaired) electrons. The molecule has 6 heteroatoms. The van der Waals surface area contributed by atoms with Crippen LogP contribution in [0.4, 0.5) is 0 Å². The van der Waals surface area contributed by atoms with Gasteiger partial charge in [-0.1, -0.05) is 35.9 Å². The van der Waals surface area contributed by atoms with Crippen LogP contribution >= 0.6 is 11.6 Å². The van der Waals surface area contributed by atoms with E-state index in [9.17, 15) is 4.79 Å². The Morgan fingerprint density at radius 3 is 2.58 bits per heavy atom. The number of halogens is 1. The number of hydrogen-bond donors (Lipinski definition) is 3. The summed E-state index contributed by atoms with van der Waals surface area (Å²) < 4.78 is 0. The van der Waals surface area contributed by atoms with Crippen molar-refractivity contribution >= 4 is 23.5 Å². The topological polar surface area (TPSA) is 79.5 Å². The van der Waals surface area contributed by atoms with E-state index in [0.717, 1.165) is 17.7 Å². The van der Waals surface area contributed by atoms with E-state index in [1.807, 2.05) is 43.3 Å². The SMILES string of the molecule is CCNC(=NCc1cccc(Cl)c1)NCc1cccc(C(N)=O)c1. The number of nitrogens with zero attached hydrogens (tertiary/aromatic N) is 1. The number of aliphatic imine (C=N–C) groups is 1. The van der Waals surface area contributed by atoms with Gasteiger partial charge in [-0.05, 0) is 42.3 Å². The molecule has 0 spiro atoms. The highest BCUT2D eigenvalue weighted by molar-refractivity contribution is 6.30. The van der Waals surface area contributed by atoms with Crippen LogP contribution in [0.5, 0.6) is 0 Å². The molecular weight excluding hydrogens is 324 g/mol. The van der Waals surface area contributed by atoms with E-state index in [-0.39, 0.29) is 0 Å². The van der Waals surface area contributed by atoms with Crippen molar-refractivity contribution < 1.29 is 4.79 Å². The molecule has 126 valence electrons. The van der Waals surface area contributed by atoms with Crippen molar-refractivity contribution in [3.05, 3.63) is 70.2 Å². The number of rotatable bonds is 6. The molecule has 0 aliphatic heterocycles. The fraction of sp³-hybridized carbons (Fsp3) is 0.222. The molecule has 0 heterocycles. The molecule has 0 unspecified atom stereocenters. The molecule has 0 aliphatic rings. The normalized spacial score (nSPS) is 11.2. The lowest BCUT2D eigenvalue weighted by molar-refractivity contribution is 0.1000. The molecule has 5 nitrogen and oxygen atoms in total. The smallest absolute Gasteiger partial charge is 0.248 e. The van der Waals surface area contributed by atoms with Crippen molar-refractivity contribution in [2.75, 3.05) is 6.54 Å². The maximum Gasteiger partial charge on any atom is 0.248 e. The maximum absolute atomic E-state index is 11.2. The van der Waals surface area contributed by atoms with Crippen molar-refractivity contribution in [1.29, 1.82) is 0 Å². The van der Waals surface area contributed by atoms with Crippen LogP contribution in [0.15, 0.2) is 53.5 Å². The Hall–Kier alpha value is -2.53. The lowest BCUT2D eigenvalue weighted by Crippen LogP contribution is -2.36. The van der Waals surface area contributed by atoms with Gasteiger partial charge in [0.2, 0.25) is 5.91 Å². The summed E-state index contributed by atoms with van der Waals surface area (Å²) in [6.45, 7) is 3.83. The minimum atomic E-state index is -0.432. The van der Waals surface area contributed by atoms with Crippen LogP contribution < -0.4 is 16.4 Å². The fourth-order valence-electron chi connectivity index (χ4n) is 2.17. The van der Waals surface area contributed by atoms with Gasteiger partial charge >= 0.3 is 0 Å². The van der Waals surface area contributed by atoms with Gasteiger partial charge in [0, 0.05) is 23.7 Å². The van der Waals surface area contributed by atoms with E-state index in [2.05, 4.69) is 15.6 Å². The molecule has 0 aromatic heterocycles. The first kappa shape index (κ1) is 17.8. The standard InChI is InChI=1S/C18H21ClN4O/c1-2-21-18(23-12-14-6-4-8-16(19)10-14)22-11-13-5-3-7-15(9-13)17(20)24/h3-10H,2,11-12H2,1H3,(H2,20,24)(H2,21,22,23). The minimum absolute atomic E-state index is 0.432. The van der Waals surface area contributed by atoms with Gasteiger partial charge in [-0.25, -0.2) is 4.99 Å². The quantitative estimate of drug-likeness (QED) is 0.557. The monoisotopic (exact) mass is 344 g/mol. The number of carbonyl (C=O) groups is 1. The van der Waals surface area contributed by atoms with E-state index in [0.29, 0.717) is 29.6 Å². The van der Waals surface area contributed by atoms with Crippen molar-refractivity contribution in [1.82, 2.24) is 10.6 Å². The molecule has 0 fully saturated rings. The van der Waals surface area contributed by atoms with E-state index < -0.39 is 5.91 Å². The third-order valence-electron chi connectivity index (χ3n) is 3.32. The first-order valence-electron chi connectivity index (χ1n) is 7.74. The lowest BCUT2D eigenvalue weighted by atomic mass is 10.1. The molecule has 0 bridgehead atoms. The predicted octanol–water partition coefficient (Wildman–Crippen LogP) is 2.69. The van der Waals surface area contributed by atoms with Crippen LogP contribution in [0.1, 0.15) is 28.4 Å². The van der Waals surface area contributed by atoms with Crippen LogP contribution in [0, 0.1) is 0 Å². The zero-order chi connectivity index (χ0) is 17.4. The average molecular weight is 345 g/mol. The van der Waals surface area contributed by atoms with Crippen molar-refractivity contribution in [2.45, 2.75) is 20.0 Å². The van der Waals surface area contributed by atoms with Gasteiger partial charge in [-0.2, -0.15) is 0 Å². The molecular formula is C18H21ClN4O. The Bertz CT molecular complexity index is 730. The Kier molecular flexibility index (Phi) is 6.63. The second-order valence-electron chi connectivity index (χ2n) is 5.24. The fourth-order valence-corrected chi connectivity index (χ4v) is 2.38. The number of primary amides is 1. The zero-order valence-corrected chi connectivity index (χ0v) is 14.3. The molecule has 0 saturated carbocycles. The highest BCUT2D eigenvalue weighted by Crippen LogP contribution is 2.11. The van der Waals surface area contributed by atoms with E-state index in [1.54, 1.807) is 12.1 Å². The number of amides is 1. The highest BCUT2D eigenvalue weighted by Gasteiger charge is 2.03. The molecule has 2 rings (SSSR count). The summed E-state index contributed by atoms with van der Waals surface area (Å²) in [5.74, 6) is 0.264. The van der Waals surface area contributed by atoms with Gasteiger partial charge in [0.05, 0.1) is 6.54 Å². The van der Waals surface area contributed by atoms with Gasteiger partial charge in [0.15, 0.2) is 5.96 Å². The molecule has 2 aromatic carbocycles. The lowest BCUT2D eigenvalue weighted by Gasteiger charge is -2.12. The summed E-state index contributed by atoms with van der Waals surface area (Å²) >= 11 is 5.99. The summed E-state index contributed by atoms with van der Waals surface area (Å²) in [6, 6.07) is 14.8. The molecule has 1 amide bonds. The second kappa shape index (κ2) is 8.93. The molecule has 24 heavy (non-hydrogen) atoms. The Labute approximate surface area is 146 Å². The largest absolute Gasteiger partial charge is 0.366 e. The first-order chi connectivity index (χ1) is 11.6. The highest BCUT2D eigenvalue weighted by atomic mass is 35.5. The summed E-state index contributed by atoms with van der Waals surface area (Å²) in [7, 11) is 0. The van der Waals surface area contributed by atoms with Crippen molar-refractivity contribution in [2.24, 2.45) is 10.7 Å². The van der Waals surface area contributed by atoms with Gasteiger partial charge in [-0.15, -0.1) is 0 Å². The van der Waals surface area contributed by atoms with Gasteiger partial charge in [0.25, 0.3) is 0 Å². The third kappa shape index (κ3) is 5.59. The van der Waals surface area contributed by atoms with Crippen LogP contribution in [0.3, 0.4) is 0 Å². The van der Waals surface area contributed by atoms with Crippen LogP contribution in [-0.4, -0.2) is 18.4 Å². The molecule has 0 aliphatic carbocycles. The zero-order valence-electron chi connectivity index (χ0n) is 13.6. The van der Waals surface area contributed by atoms with Gasteiger partial charge in [0.1, 0.15) is 0 Å². The number of benzene rings is 2.